The van der Waals surface area contributed by atoms with Crippen molar-refractivity contribution < 1.29 is 9.59 Å². The predicted molar refractivity (Wildman–Crippen MR) is 63.8 cm³/mol. The Balaban J connectivity index is 3.06. The molecule has 1 heterocycles. The lowest BCUT2D eigenvalue weighted by molar-refractivity contribution is -0.135. The third-order valence-electron chi connectivity index (χ3n) is 1.73. The highest BCUT2D eigenvalue weighted by molar-refractivity contribution is 8.83. The molecule has 0 fully saturated rings. The second kappa shape index (κ2) is 4.58. The highest BCUT2D eigenvalue weighted by atomic mass is 33.1. The van der Waals surface area contributed by atoms with Gasteiger partial charge >= 0.3 is 0 Å². The fourth-order valence-corrected chi connectivity index (χ4v) is 2.66. The molecule has 0 spiro atoms. The number of imide groups is 1. The first-order chi connectivity index (χ1) is 7.36. The lowest BCUT2D eigenvalue weighted by Gasteiger charge is -2.05. The number of hydrogen-bond donors (Lipinski definition) is 4. The summed E-state index contributed by atoms with van der Waals surface area (Å²) in [5.41, 5.74) is 10.2. The molecule has 0 aromatic heterocycles. The minimum Gasteiger partial charge on any atom is -0.383 e. The van der Waals surface area contributed by atoms with Crippen LogP contribution < -0.4 is 11.5 Å². The van der Waals surface area contributed by atoms with E-state index in [-0.39, 0.29) is 15.6 Å². The van der Waals surface area contributed by atoms with E-state index >= 15 is 0 Å². The molecule has 9 heteroatoms. The fraction of sp³-hybridized carbons (Fsp3) is 0.143. The first-order valence-electron chi connectivity index (χ1n) is 3.95. The van der Waals surface area contributed by atoms with Gasteiger partial charge in [0.15, 0.2) is 5.17 Å². The molecule has 1 aliphatic rings. The Morgan fingerprint density at radius 3 is 2.25 bits per heavy atom. The lowest BCUT2D eigenvalue weighted by Crippen LogP contribution is -2.29. The van der Waals surface area contributed by atoms with Crippen LogP contribution in [0.4, 0.5) is 0 Å². The van der Waals surface area contributed by atoms with Gasteiger partial charge in [-0.2, -0.15) is 0 Å². The Morgan fingerprint density at radius 2 is 1.81 bits per heavy atom. The van der Waals surface area contributed by atoms with E-state index in [0.29, 0.717) is 0 Å². The summed E-state index contributed by atoms with van der Waals surface area (Å²) >= 11 is 0. The molecule has 0 atom stereocenters. The monoisotopic (exact) mass is 259 g/mol. The molecule has 2 amide bonds. The SMILES string of the molecule is CN1C(=O)C(SSC(=N)N)=C(C(=N)N)C1=O. The van der Waals surface area contributed by atoms with Crippen molar-refractivity contribution in [3.8, 4) is 0 Å². The van der Waals surface area contributed by atoms with E-state index in [1.54, 1.807) is 0 Å². The number of nitrogens with two attached hydrogens (primary N) is 2. The van der Waals surface area contributed by atoms with Crippen LogP contribution in [0.15, 0.2) is 10.5 Å². The van der Waals surface area contributed by atoms with Crippen LogP contribution in [0.1, 0.15) is 0 Å². The van der Waals surface area contributed by atoms with Gasteiger partial charge in [0.25, 0.3) is 11.8 Å². The number of nitrogens with zero attached hydrogens (tertiary/aromatic N) is 1. The van der Waals surface area contributed by atoms with Gasteiger partial charge in [-0.25, -0.2) is 0 Å². The van der Waals surface area contributed by atoms with Crippen LogP contribution in [0.2, 0.25) is 0 Å². The second-order valence-corrected chi connectivity index (χ2v) is 5.00. The fourth-order valence-electron chi connectivity index (χ4n) is 1.02. The standard InChI is InChI=1S/C7H9N5O2S2/c1-12-5(13)2(4(8)9)3(6(12)14)15-16-7(10)11/h1H3,(H3,8,9)(H3,10,11). The molecule has 0 radical (unpaired) electrons. The molecule has 0 saturated carbocycles. The molecule has 6 N–H and O–H groups in total. The van der Waals surface area contributed by atoms with Crippen molar-refractivity contribution in [1.82, 2.24) is 4.90 Å². The Morgan fingerprint density at radius 1 is 1.25 bits per heavy atom. The van der Waals surface area contributed by atoms with Gasteiger partial charge in [0.05, 0.1) is 0 Å². The molecule has 0 aromatic rings. The zero-order chi connectivity index (χ0) is 12.5. The summed E-state index contributed by atoms with van der Waals surface area (Å²) in [6.07, 6.45) is 0. The Kier molecular flexibility index (Phi) is 3.60. The van der Waals surface area contributed by atoms with Gasteiger partial charge in [0.2, 0.25) is 0 Å². The van der Waals surface area contributed by atoms with Crippen LogP contribution in [-0.4, -0.2) is 34.8 Å². The first-order valence-corrected chi connectivity index (χ1v) is 6.10. The maximum atomic E-state index is 11.6. The zero-order valence-electron chi connectivity index (χ0n) is 8.23. The molecule has 7 nitrogen and oxygen atoms in total. The van der Waals surface area contributed by atoms with Crippen LogP contribution >= 0.6 is 21.6 Å². The number of rotatable bonds is 3. The molecule has 0 aliphatic carbocycles. The topological polar surface area (TPSA) is 137 Å². The minimum absolute atomic E-state index is 0.0419. The Hall–Kier alpha value is -1.48. The average molecular weight is 259 g/mol. The predicted octanol–water partition coefficient (Wildman–Crippen LogP) is -0.550. The van der Waals surface area contributed by atoms with Gasteiger partial charge in [0.1, 0.15) is 16.3 Å². The number of nitrogens with one attached hydrogen (secondary N) is 2. The van der Waals surface area contributed by atoms with Crippen molar-refractivity contribution in [3.63, 3.8) is 0 Å². The van der Waals surface area contributed by atoms with Crippen molar-refractivity contribution in [2.45, 2.75) is 0 Å². The molecule has 0 aromatic carbocycles. The van der Waals surface area contributed by atoms with E-state index in [0.717, 1.165) is 26.5 Å². The first kappa shape index (κ1) is 12.6. The van der Waals surface area contributed by atoms with E-state index in [9.17, 15) is 9.59 Å². The third-order valence-corrected chi connectivity index (χ3v) is 3.83. The lowest BCUT2D eigenvalue weighted by atomic mass is 10.2. The Bertz CT molecular complexity index is 430. The average Bonchev–Trinajstić information content (AvgIpc) is 2.39. The summed E-state index contributed by atoms with van der Waals surface area (Å²) in [5.74, 6) is -1.60. The smallest absolute Gasteiger partial charge is 0.268 e. The molecule has 86 valence electrons. The molecule has 1 rings (SSSR count). The molecule has 1 aliphatic heterocycles. The third kappa shape index (κ3) is 2.19. The zero-order valence-corrected chi connectivity index (χ0v) is 9.87. The van der Waals surface area contributed by atoms with Gasteiger partial charge < -0.3 is 11.5 Å². The van der Waals surface area contributed by atoms with E-state index in [1.807, 2.05) is 0 Å². The second-order valence-electron chi connectivity index (χ2n) is 2.82. The maximum Gasteiger partial charge on any atom is 0.268 e. The Labute approximate surface area is 99.0 Å². The number of likely N-dealkylation sites (N-methyl/N-ethyl adjacent to an activating group) is 1. The van der Waals surface area contributed by atoms with Gasteiger partial charge in [0, 0.05) is 7.05 Å². The van der Waals surface area contributed by atoms with Gasteiger partial charge in [-0.1, -0.05) is 0 Å². The number of carbonyl (C=O) groups is 2. The number of amidine groups is 2. The molecule has 0 saturated heterocycles. The van der Waals surface area contributed by atoms with Gasteiger partial charge in [-0.05, 0) is 21.6 Å². The summed E-state index contributed by atoms with van der Waals surface area (Å²) in [4.78, 5) is 24.0. The summed E-state index contributed by atoms with van der Waals surface area (Å²) in [5, 5.41) is 14.0. The van der Waals surface area contributed by atoms with E-state index < -0.39 is 17.6 Å². The molecule has 0 unspecified atom stereocenters. The van der Waals surface area contributed by atoms with E-state index in [2.05, 4.69) is 0 Å². The normalized spacial score (nSPS) is 15.9. The molecule has 0 bridgehead atoms. The number of amides is 2. The maximum absolute atomic E-state index is 11.6. The van der Waals surface area contributed by atoms with Crippen molar-refractivity contribution in [3.05, 3.63) is 10.5 Å². The molecule has 16 heavy (non-hydrogen) atoms. The van der Waals surface area contributed by atoms with Crippen molar-refractivity contribution in [1.29, 1.82) is 10.8 Å². The molecular weight excluding hydrogens is 250 g/mol. The molecular formula is C7H9N5O2S2. The summed E-state index contributed by atoms with van der Waals surface area (Å²) < 4.78 is 0. The number of carbonyl (C=O) groups excluding carboxylic acids is 2. The summed E-state index contributed by atoms with van der Waals surface area (Å²) in [6, 6.07) is 0. The van der Waals surface area contributed by atoms with Crippen LogP contribution in [-0.2, 0) is 9.59 Å². The summed E-state index contributed by atoms with van der Waals surface area (Å²) in [6.45, 7) is 0. The van der Waals surface area contributed by atoms with Crippen LogP contribution in [0.5, 0.6) is 0 Å². The largest absolute Gasteiger partial charge is 0.383 e. The van der Waals surface area contributed by atoms with Gasteiger partial charge in [-0.15, -0.1) is 0 Å². The van der Waals surface area contributed by atoms with E-state index in [4.69, 9.17) is 22.3 Å². The van der Waals surface area contributed by atoms with Crippen LogP contribution in [0.25, 0.3) is 0 Å². The van der Waals surface area contributed by atoms with Crippen molar-refractivity contribution >= 4 is 44.4 Å². The minimum atomic E-state index is -0.607. The van der Waals surface area contributed by atoms with Gasteiger partial charge in [-0.3, -0.25) is 25.3 Å². The highest BCUT2D eigenvalue weighted by Crippen LogP contribution is 2.36. The highest BCUT2D eigenvalue weighted by Gasteiger charge is 2.37. The number of hydrogen-bond acceptors (Lipinski definition) is 6. The van der Waals surface area contributed by atoms with Crippen LogP contribution in [0.3, 0.4) is 0 Å². The van der Waals surface area contributed by atoms with Crippen molar-refractivity contribution in [2.75, 3.05) is 7.05 Å². The quantitative estimate of drug-likeness (QED) is 0.232. The van der Waals surface area contributed by atoms with Crippen molar-refractivity contribution in [2.24, 2.45) is 11.5 Å². The van der Waals surface area contributed by atoms with Crippen LogP contribution in [0, 0.1) is 10.8 Å². The summed E-state index contributed by atoms with van der Waals surface area (Å²) in [7, 11) is 2.99. The van der Waals surface area contributed by atoms with E-state index in [1.165, 1.54) is 7.05 Å².